The van der Waals surface area contributed by atoms with Crippen LogP contribution in [0.4, 0.5) is 5.69 Å². The topological polar surface area (TPSA) is 32.3 Å². The molecule has 0 bridgehead atoms. The summed E-state index contributed by atoms with van der Waals surface area (Å²) in [7, 11) is 0. The van der Waals surface area contributed by atoms with Gasteiger partial charge in [-0.15, -0.1) is 0 Å². The first-order valence-electron chi connectivity index (χ1n) is 6.02. The van der Waals surface area contributed by atoms with Crippen molar-refractivity contribution < 1.29 is 4.79 Å². The lowest BCUT2D eigenvalue weighted by molar-refractivity contribution is -0.120. The Bertz CT molecular complexity index is 539. The Morgan fingerprint density at radius 1 is 0.944 bits per heavy atom. The van der Waals surface area contributed by atoms with E-state index < -0.39 is 0 Å². The predicted molar refractivity (Wildman–Crippen MR) is 71.1 cm³/mol. The minimum atomic E-state index is -0.0913. The molecule has 1 aliphatic rings. The Balaban J connectivity index is 1.83. The van der Waals surface area contributed by atoms with Crippen molar-refractivity contribution in [2.45, 2.75) is 5.92 Å². The summed E-state index contributed by atoms with van der Waals surface area (Å²) in [5.41, 5.74) is 4.99. The zero-order valence-electron chi connectivity index (χ0n) is 9.91. The van der Waals surface area contributed by atoms with Crippen LogP contribution in [0.25, 0.3) is 0 Å². The lowest BCUT2D eigenvalue weighted by atomic mass is 10.00. The Morgan fingerprint density at radius 2 is 1.56 bits per heavy atom. The maximum atomic E-state index is 12.0. The highest BCUT2D eigenvalue weighted by Gasteiger charge is 2.31. The van der Waals surface area contributed by atoms with Crippen molar-refractivity contribution in [3.05, 3.63) is 66.2 Å². The summed E-state index contributed by atoms with van der Waals surface area (Å²) in [5.74, 6) is -0.0311. The number of hydrazine groups is 1. The van der Waals surface area contributed by atoms with Gasteiger partial charge in [-0.25, -0.2) is 0 Å². The molecular formula is C15H14N2O. The van der Waals surface area contributed by atoms with E-state index in [1.807, 2.05) is 65.7 Å². The molecule has 1 saturated heterocycles. The molecule has 1 N–H and O–H groups in total. The number of hydrogen-bond acceptors (Lipinski definition) is 2. The minimum Gasteiger partial charge on any atom is -0.284 e. The molecule has 1 unspecified atom stereocenters. The normalized spacial score (nSPS) is 18.8. The molecule has 2 aromatic carbocycles. The van der Waals surface area contributed by atoms with Gasteiger partial charge in [0, 0.05) is 0 Å². The summed E-state index contributed by atoms with van der Waals surface area (Å²) < 4.78 is 0. The van der Waals surface area contributed by atoms with Gasteiger partial charge in [0.15, 0.2) is 0 Å². The number of rotatable bonds is 2. The van der Waals surface area contributed by atoms with Crippen LogP contribution in [0.2, 0.25) is 0 Å². The Morgan fingerprint density at radius 3 is 2.22 bits per heavy atom. The van der Waals surface area contributed by atoms with E-state index in [1.165, 1.54) is 0 Å². The van der Waals surface area contributed by atoms with Crippen molar-refractivity contribution in [2.24, 2.45) is 0 Å². The monoisotopic (exact) mass is 238 g/mol. The molecule has 3 heteroatoms. The van der Waals surface area contributed by atoms with Crippen molar-refractivity contribution in [3.8, 4) is 0 Å². The molecule has 1 atom stereocenters. The summed E-state index contributed by atoms with van der Waals surface area (Å²) in [6.07, 6.45) is 0. The quantitative estimate of drug-likeness (QED) is 0.870. The SMILES string of the molecule is O=C1NN(c2ccccc2)CC1c1ccccc1. The predicted octanol–water partition coefficient (Wildman–Crippen LogP) is 2.32. The zero-order chi connectivity index (χ0) is 12.4. The van der Waals surface area contributed by atoms with Gasteiger partial charge in [-0.1, -0.05) is 48.5 Å². The average molecular weight is 238 g/mol. The Hall–Kier alpha value is -2.29. The third kappa shape index (κ3) is 1.95. The highest BCUT2D eigenvalue weighted by molar-refractivity contribution is 5.88. The lowest BCUT2D eigenvalue weighted by Gasteiger charge is -2.17. The van der Waals surface area contributed by atoms with Crippen LogP contribution in [0.5, 0.6) is 0 Å². The molecule has 3 rings (SSSR count). The molecule has 2 aromatic rings. The van der Waals surface area contributed by atoms with Gasteiger partial charge in [0.05, 0.1) is 18.2 Å². The third-order valence-electron chi connectivity index (χ3n) is 3.20. The van der Waals surface area contributed by atoms with Gasteiger partial charge >= 0.3 is 0 Å². The number of para-hydroxylation sites is 1. The van der Waals surface area contributed by atoms with Crippen molar-refractivity contribution in [1.82, 2.24) is 5.43 Å². The lowest BCUT2D eigenvalue weighted by Crippen LogP contribution is -2.32. The first kappa shape index (κ1) is 10.8. The number of nitrogens with one attached hydrogen (secondary N) is 1. The molecule has 0 aromatic heterocycles. The van der Waals surface area contributed by atoms with E-state index in [2.05, 4.69) is 5.43 Å². The molecule has 18 heavy (non-hydrogen) atoms. The van der Waals surface area contributed by atoms with E-state index in [4.69, 9.17) is 0 Å². The number of carbonyl (C=O) groups excluding carboxylic acids is 1. The maximum Gasteiger partial charge on any atom is 0.247 e. The van der Waals surface area contributed by atoms with Crippen LogP contribution in [-0.4, -0.2) is 12.5 Å². The van der Waals surface area contributed by atoms with Crippen molar-refractivity contribution in [1.29, 1.82) is 0 Å². The molecule has 1 fully saturated rings. The third-order valence-corrected chi connectivity index (χ3v) is 3.20. The summed E-state index contributed by atoms with van der Waals surface area (Å²) in [5, 5.41) is 1.90. The fourth-order valence-corrected chi connectivity index (χ4v) is 2.24. The standard InChI is InChI=1S/C15H14N2O/c18-15-14(12-7-3-1-4-8-12)11-17(16-15)13-9-5-2-6-10-13/h1-10,14H,11H2,(H,16,18). The second-order valence-corrected chi connectivity index (χ2v) is 4.39. The average Bonchev–Trinajstić information content (AvgIpc) is 2.83. The van der Waals surface area contributed by atoms with Crippen molar-refractivity contribution in [2.75, 3.05) is 11.6 Å². The van der Waals surface area contributed by atoms with Gasteiger partial charge in [0.25, 0.3) is 0 Å². The zero-order valence-corrected chi connectivity index (χ0v) is 9.91. The van der Waals surface area contributed by atoms with Crippen molar-refractivity contribution in [3.63, 3.8) is 0 Å². The largest absolute Gasteiger partial charge is 0.284 e. The molecule has 0 saturated carbocycles. The Kier molecular flexibility index (Phi) is 2.73. The molecule has 1 heterocycles. The van der Waals surface area contributed by atoms with E-state index in [9.17, 15) is 4.79 Å². The molecule has 3 nitrogen and oxygen atoms in total. The second-order valence-electron chi connectivity index (χ2n) is 4.39. The van der Waals surface area contributed by atoms with Crippen LogP contribution in [-0.2, 0) is 4.79 Å². The minimum absolute atomic E-state index is 0.0602. The van der Waals surface area contributed by atoms with E-state index in [0.717, 1.165) is 11.3 Å². The van der Waals surface area contributed by atoms with E-state index in [-0.39, 0.29) is 11.8 Å². The number of carbonyl (C=O) groups is 1. The van der Waals surface area contributed by atoms with Crippen LogP contribution >= 0.6 is 0 Å². The smallest absolute Gasteiger partial charge is 0.247 e. The molecule has 1 amide bonds. The van der Waals surface area contributed by atoms with Crippen LogP contribution in [0.1, 0.15) is 11.5 Å². The van der Waals surface area contributed by atoms with Crippen LogP contribution in [0.3, 0.4) is 0 Å². The number of amides is 1. The summed E-state index contributed by atoms with van der Waals surface area (Å²) in [6, 6.07) is 19.8. The molecule has 0 aliphatic carbocycles. The van der Waals surface area contributed by atoms with Crippen LogP contribution in [0.15, 0.2) is 60.7 Å². The first-order valence-corrected chi connectivity index (χ1v) is 6.02. The van der Waals surface area contributed by atoms with Gasteiger partial charge < -0.3 is 0 Å². The fourth-order valence-electron chi connectivity index (χ4n) is 2.24. The number of benzene rings is 2. The molecule has 1 aliphatic heterocycles. The highest BCUT2D eigenvalue weighted by atomic mass is 16.2. The molecule has 0 spiro atoms. The Labute approximate surface area is 106 Å². The first-order chi connectivity index (χ1) is 8.84. The van der Waals surface area contributed by atoms with E-state index >= 15 is 0 Å². The maximum absolute atomic E-state index is 12.0. The number of nitrogens with zero attached hydrogens (tertiary/aromatic N) is 1. The summed E-state index contributed by atoms with van der Waals surface area (Å²) in [6.45, 7) is 0.673. The van der Waals surface area contributed by atoms with Gasteiger partial charge in [0.1, 0.15) is 0 Å². The van der Waals surface area contributed by atoms with Gasteiger partial charge in [-0.05, 0) is 17.7 Å². The van der Waals surface area contributed by atoms with Gasteiger partial charge in [0.2, 0.25) is 5.91 Å². The van der Waals surface area contributed by atoms with Gasteiger partial charge in [-0.2, -0.15) is 0 Å². The number of anilines is 1. The summed E-state index contributed by atoms with van der Waals surface area (Å²) >= 11 is 0. The van der Waals surface area contributed by atoms with E-state index in [1.54, 1.807) is 0 Å². The van der Waals surface area contributed by atoms with Crippen LogP contribution < -0.4 is 10.4 Å². The summed E-state index contributed by atoms with van der Waals surface area (Å²) in [4.78, 5) is 12.0. The highest BCUT2D eigenvalue weighted by Crippen LogP contribution is 2.25. The second kappa shape index (κ2) is 4.53. The molecule has 90 valence electrons. The van der Waals surface area contributed by atoms with Crippen LogP contribution in [0, 0.1) is 0 Å². The van der Waals surface area contributed by atoms with Gasteiger partial charge in [-0.3, -0.25) is 15.2 Å². The molecule has 0 radical (unpaired) electrons. The van der Waals surface area contributed by atoms with Crippen molar-refractivity contribution >= 4 is 11.6 Å². The molecular weight excluding hydrogens is 224 g/mol. The fraction of sp³-hybridized carbons (Fsp3) is 0.133. The number of hydrogen-bond donors (Lipinski definition) is 1. The van der Waals surface area contributed by atoms with E-state index in [0.29, 0.717) is 6.54 Å².